The third kappa shape index (κ3) is 3.94. The van der Waals surface area contributed by atoms with Crippen LogP contribution in [-0.4, -0.2) is 31.7 Å². The van der Waals surface area contributed by atoms with Crippen LogP contribution in [0.5, 0.6) is 11.5 Å². The first-order valence-corrected chi connectivity index (χ1v) is 10.6. The summed E-state index contributed by atoms with van der Waals surface area (Å²) in [6, 6.07) is 10.1. The Bertz CT molecular complexity index is 1400. The number of nitrogens with zero attached hydrogens (tertiary/aromatic N) is 4. The van der Waals surface area contributed by atoms with Gasteiger partial charge in [0.05, 0.1) is 11.4 Å². The summed E-state index contributed by atoms with van der Waals surface area (Å²) >= 11 is 0. The van der Waals surface area contributed by atoms with Crippen molar-refractivity contribution in [1.82, 2.24) is 25.1 Å². The highest BCUT2D eigenvalue weighted by atomic mass is 19.1. The maximum absolute atomic E-state index is 13.9. The first-order chi connectivity index (χ1) is 16.4. The zero-order valence-electron chi connectivity index (χ0n) is 17.9. The Morgan fingerprint density at radius 3 is 2.65 bits per heavy atom. The van der Waals surface area contributed by atoms with Crippen LogP contribution in [0.1, 0.15) is 18.9 Å². The van der Waals surface area contributed by atoms with E-state index in [1.807, 2.05) is 4.68 Å². The number of carbonyl (C=O) groups is 1. The van der Waals surface area contributed by atoms with E-state index in [1.165, 1.54) is 18.5 Å². The fourth-order valence-corrected chi connectivity index (χ4v) is 3.98. The van der Waals surface area contributed by atoms with Crippen LogP contribution < -0.4 is 15.8 Å². The van der Waals surface area contributed by atoms with Crippen molar-refractivity contribution in [2.45, 2.75) is 24.9 Å². The number of nitrogens with one attached hydrogen (secondary N) is 1. The molecule has 5 rings (SSSR count). The van der Waals surface area contributed by atoms with Crippen molar-refractivity contribution in [3.8, 4) is 22.8 Å². The number of nitrogen functional groups attached to an aromatic ring is 1. The van der Waals surface area contributed by atoms with Gasteiger partial charge < -0.3 is 15.8 Å². The predicted molar refractivity (Wildman–Crippen MR) is 122 cm³/mol. The van der Waals surface area contributed by atoms with E-state index >= 15 is 0 Å². The summed E-state index contributed by atoms with van der Waals surface area (Å²) in [5.41, 5.74) is 8.12. The SMILES string of the molecule is C=CC(=O)NC1CC(n2nc(-c3ccc(Oc4ccc(F)cc4F)cc3)c3c(N)ncnc32)C1. The van der Waals surface area contributed by atoms with Gasteiger partial charge in [0.15, 0.2) is 17.2 Å². The normalized spacial score (nSPS) is 17.2. The van der Waals surface area contributed by atoms with Crippen LogP contribution in [0, 0.1) is 11.6 Å². The Labute approximate surface area is 193 Å². The van der Waals surface area contributed by atoms with E-state index < -0.39 is 11.6 Å². The van der Waals surface area contributed by atoms with Gasteiger partial charge in [0, 0.05) is 17.7 Å². The summed E-state index contributed by atoms with van der Waals surface area (Å²) in [6.45, 7) is 3.47. The monoisotopic (exact) mass is 462 g/mol. The topological polar surface area (TPSA) is 108 Å². The maximum Gasteiger partial charge on any atom is 0.243 e. The Morgan fingerprint density at radius 2 is 1.94 bits per heavy atom. The summed E-state index contributed by atoms with van der Waals surface area (Å²) in [7, 11) is 0. The van der Waals surface area contributed by atoms with E-state index in [1.54, 1.807) is 24.3 Å². The zero-order valence-corrected chi connectivity index (χ0v) is 17.9. The van der Waals surface area contributed by atoms with Crippen molar-refractivity contribution in [2.75, 3.05) is 5.73 Å². The third-order valence-electron chi connectivity index (χ3n) is 5.76. The van der Waals surface area contributed by atoms with E-state index in [9.17, 15) is 13.6 Å². The predicted octanol–water partition coefficient (Wildman–Crippen LogP) is 4.15. The highest BCUT2D eigenvalue weighted by molar-refractivity contribution is 5.98. The molecule has 2 aromatic heterocycles. The molecule has 2 aromatic carbocycles. The van der Waals surface area contributed by atoms with Crippen LogP contribution >= 0.6 is 0 Å². The van der Waals surface area contributed by atoms with Gasteiger partial charge in [0.1, 0.15) is 29.4 Å². The lowest BCUT2D eigenvalue weighted by atomic mass is 9.87. The lowest BCUT2D eigenvalue weighted by Gasteiger charge is -2.35. The molecule has 8 nitrogen and oxygen atoms in total. The van der Waals surface area contributed by atoms with Crippen LogP contribution in [0.3, 0.4) is 0 Å². The Balaban J connectivity index is 1.42. The van der Waals surface area contributed by atoms with Crippen molar-refractivity contribution in [3.63, 3.8) is 0 Å². The summed E-state index contributed by atoms with van der Waals surface area (Å²) in [4.78, 5) is 20.1. The first kappa shape index (κ1) is 21.5. The van der Waals surface area contributed by atoms with Gasteiger partial charge in [-0.15, -0.1) is 0 Å². The smallest absolute Gasteiger partial charge is 0.243 e. The quantitative estimate of drug-likeness (QED) is 0.417. The van der Waals surface area contributed by atoms with Gasteiger partial charge in [-0.05, 0) is 55.3 Å². The number of benzene rings is 2. The number of halogens is 2. The number of carbonyl (C=O) groups excluding carboxylic acids is 1. The molecule has 4 aromatic rings. The van der Waals surface area contributed by atoms with Gasteiger partial charge in [-0.1, -0.05) is 6.58 Å². The fraction of sp³-hybridized carbons (Fsp3) is 0.167. The third-order valence-corrected chi connectivity index (χ3v) is 5.76. The second-order valence-electron chi connectivity index (χ2n) is 7.99. The van der Waals surface area contributed by atoms with Gasteiger partial charge in [0.2, 0.25) is 5.91 Å². The van der Waals surface area contributed by atoms with E-state index in [2.05, 4.69) is 21.9 Å². The van der Waals surface area contributed by atoms with Crippen LogP contribution in [0.15, 0.2) is 61.4 Å². The number of amides is 1. The summed E-state index contributed by atoms with van der Waals surface area (Å²) in [5, 5.41) is 8.28. The Kier molecular flexibility index (Phi) is 5.40. The van der Waals surface area contributed by atoms with Gasteiger partial charge >= 0.3 is 0 Å². The standard InChI is InChI=1S/C24H20F2N6O2/c1-2-20(33)30-15-10-16(11-15)32-24-21(23(27)28-12-29-24)22(31-32)13-3-6-17(7-4-13)34-19-8-5-14(25)9-18(19)26/h2-9,12,15-16H,1,10-11H2,(H,30,33)(H2,27,28,29). The van der Waals surface area contributed by atoms with Gasteiger partial charge in [-0.2, -0.15) is 5.10 Å². The molecular weight excluding hydrogens is 442 g/mol. The van der Waals surface area contributed by atoms with E-state index in [0.717, 1.165) is 17.7 Å². The second kappa shape index (κ2) is 8.54. The molecule has 34 heavy (non-hydrogen) atoms. The molecule has 10 heteroatoms. The average molecular weight is 462 g/mol. The summed E-state index contributed by atoms with van der Waals surface area (Å²) in [5.74, 6) is -1.07. The maximum atomic E-state index is 13.9. The number of ether oxygens (including phenoxy) is 1. The summed E-state index contributed by atoms with van der Waals surface area (Å²) < 4.78 is 34.4. The highest BCUT2D eigenvalue weighted by Crippen LogP contribution is 2.38. The van der Waals surface area contributed by atoms with Crippen molar-refractivity contribution < 1.29 is 18.3 Å². The minimum absolute atomic E-state index is 0.0423. The number of anilines is 1. The van der Waals surface area contributed by atoms with Gasteiger partial charge in [-0.3, -0.25) is 4.79 Å². The number of nitrogens with two attached hydrogens (primary N) is 1. The molecule has 0 saturated heterocycles. The van der Waals surface area contributed by atoms with E-state index in [0.29, 0.717) is 41.1 Å². The molecule has 0 atom stereocenters. The largest absolute Gasteiger partial charge is 0.454 e. The van der Waals surface area contributed by atoms with Crippen LogP contribution in [0.25, 0.3) is 22.3 Å². The molecule has 2 heterocycles. The second-order valence-corrected chi connectivity index (χ2v) is 7.99. The van der Waals surface area contributed by atoms with Crippen molar-refractivity contribution >= 4 is 22.8 Å². The molecular formula is C24H20F2N6O2. The molecule has 0 bridgehead atoms. The lowest BCUT2D eigenvalue weighted by molar-refractivity contribution is -0.117. The number of hydrogen-bond acceptors (Lipinski definition) is 6. The van der Waals surface area contributed by atoms with E-state index in [4.69, 9.17) is 15.6 Å². The fourth-order valence-electron chi connectivity index (χ4n) is 3.98. The van der Waals surface area contributed by atoms with Crippen molar-refractivity contribution in [3.05, 3.63) is 73.1 Å². The van der Waals surface area contributed by atoms with Crippen LogP contribution in [0.4, 0.5) is 14.6 Å². The Hall–Kier alpha value is -4.34. The molecule has 1 amide bonds. The highest BCUT2D eigenvalue weighted by Gasteiger charge is 2.34. The number of aromatic nitrogens is 4. The van der Waals surface area contributed by atoms with Crippen molar-refractivity contribution in [2.24, 2.45) is 0 Å². The molecule has 1 aliphatic rings. The molecule has 3 N–H and O–H groups in total. The Morgan fingerprint density at radius 1 is 1.18 bits per heavy atom. The lowest BCUT2D eigenvalue weighted by Crippen LogP contribution is -2.44. The van der Waals surface area contributed by atoms with Crippen LogP contribution in [0.2, 0.25) is 0 Å². The number of fused-ring (bicyclic) bond motifs is 1. The molecule has 1 fully saturated rings. The molecule has 0 spiro atoms. The molecule has 1 saturated carbocycles. The average Bonchev–Trinajstić information content (AvgIpc) is 3.18. The van der Waals surface area contributed by atoms with Gasteiger partial charge in [-0.25, -0.2) is 23.4 Å². The number of rotatable bonds is 6. The molecule has 0 aliphatic heterocycles. The molecule has 0 unspecified atom stereocenters. The van der Waals surface area contributed by atoms with E-state index in [-0.39, 0.29) is 23.7 Å². The first-order valence-electron chi connectivity index (χ1n) is 10.6. The zero-order chi connectivity index (χ0) is 23.8. The van der Waals surface area contributed by atoms with Crippen LogP contribution in [-0.2, 0) is 4.79 Å². The molecule has 1 aliphatic carbocycles. The van der Waals surface area contributed by atoms with Crippen molar-refractivity contribution in [1.29, 1.82) is 0 Å². The molecule has 172 valence electrons. The molecule has 0 radical (unpaired) electrons. The minimum Gasteiger partial charge on any atom is -0.454 e. The number of hydrogen-bond donors (Lipinski definition) is 2. The summed E-state index contributed by atoms with van der Waals surface area (Å²) in [6.07, 6.45) is 4.05. The minimum atomic E-state index is -0.790. The van der Waals surface area contributed by atoms with Gasteiger partial charge in [0.25, 0.3) is 0 Å².